The minimum Gasteiger partial charge on any atom is -0.393 e. The molecule has 0 aromatic carbocycles. The second-order valence-corrected chi connectivity index (χ2v) is 16.7. The molecule has 0 aromatic heterocycles. The summed E-state index contributed by atoms with van der Waals surface area (Å²) in [6.07, 6.45) is 20.5. The molecule has 10 atom stereocenters. The number of aliphatic hydroxyl groups is 1. The molecule has 4 aliphatic carbocycles. The van der Waals surface area contributed by atoms with E-state index in [1.54, 1.807) is 0 Å². The molecule has 0 aliphatic heterocycles. The van der Waals surface area contributed by atoms with Crippen LogP contribution in [0.2, 0.25) is 0 Å². The Morgan fingerprint density at radius 3 is 2.27 bits per heavy atom. The van der Waals surface area contributed by atoms with Crippen molar-refractivity contribution in [2.75, 3.05) is 26.2 Å². The third kappa shape index (κ3) is 8.81. The van der Waals surface area contributed by atoms with E-state index in [1.165, 1.54) is 89.9 Å². The first kappa shape index (κ1) is 36.2. The van der Waals surface area contributed by atoms with E-state index < -0.39 is 0 Å². The predicted octanol–water partition coefficient (Wildman–Crippen LogP) is 6.79. The molecule has 6 nitrogen and oxygen atoms in total. The lowest BCUT2D eigenvalue weighted by Gasteiger charge is -2.62. The van der Waals surface area contributed by atoms with E-state index in [0.29, 0.717) is 58.8 Å². The van der Waals surface area contributed by atoms with Crippen molar-refractivity contribution in [3.63, 3.8) is 0 Å². The zero-order chi connectivity index (χ0) is 31.7. The number of carbonyl (C=O) groups excluding carboxylic acids is 1. The first-order valence-electron chi connectivity index (χ1n) is 19.2. The van der Waals surface area contributed by atoms with Gasteiger partial charge in [0.25, 0.3) is 0 Å². The molecular formula is C38H72N4O2. The Kier molecular flexibility index (Phi) is 13.9. The molecule has 0 heterocycles. The number of unbranched alkanes of at least 4 members (excludes halogenated alkanes) is 5. The fourth-order valence-electron chi connectivity index (χ4n) is 11.1. The van der Waals surface area contributed by atoms with Crippen LogP contribution in [0, 0.1) is 46.3 Å². The van der Waals surface area contributed by atoms with E-state index in [1.807, 2.05) is 13.8 Å². The number of nitrogens with one attached hydrogen (secondary N) is 3. The molecule has 0 saturated heterocycles. The van der Waals surface area contributed by atoms with Gasteiger partial charge in [-0.05, 0) is 163 Å². The summed E-state index contributed by atoms with van der Waals surface area (Å²) in [5, 5.41) is 22.4. The molecule has 4 saturated carbocycles. The first-order valence-corrected chi connectivity index (χ1v) is 19.2. The van der Waals surface area contributed by atoms with Crippen LogP contribution >= 0.6 is 0 Å². The maximum atomic E-state index is 12.4. The molecule has 0 bridgehead atoms. The Morgan fingerprint density at radius 1 is 0.841 bits per heavy atom. The van der Waals surface area contributed by atoms with E-state index >= 15 is 0 Å². The Labute approximate surface area is 271 Å². The fraction of sp³-hybridized carbons (Fsp3) is 0.974. The van der Waals surface area contributed by atoms with Crippen LogP contribution in [0.3, 0.4) is 0 Å². The lowest BCUT2D eigenvalue weighted by molar-refractivity contribution is -0.167. The Hall–Kier alpha value is -0.690. The van der Waals surface area contributed by atoms with Crippen molar-refractivity contribution in [2.45, 2.75) is 162 Å². The number of amides is 1. The SMILES string of the molecule is CC(C)NC(=O)CC[C@@H](C)[C@H]1CCC2C3C(CC[C@@]21C)[C@@]1(C)CC[C@H](NCCCNCCCCCCCCN)CC1C[C@@H]3O. The summed E-state index contributed by atoms with van der Waals surface area (Å²) in [4.78, 5) is 12.4. The zero-order valence-electron chi connectivity index (χ0n) is 29.5. The number of fused-ring (bicyclic) bond motifs is 5. The summed E-state index contributed by atoms with van der Waals surface area (Å²) in [5.41, 5.74) is 6.28. The summed E-state index contributed by atoms with van der Waals surface area (Å²) >= 11 is 0. The van der Waals surface area contributed by atoms with Crippen LogP contribution < -0.4 is 21.7 Å². The number of aliphatic hydroxyl groups excluding tert-OH is 1. The van der Waals surface area contributed by atoms with Crippen molar-refractivity contribution < 1.29 is 9.90 Å². The van der Waals surface area contributed by atoms with Gasteiger partial charge in [0.15, 0.2) is 0 Å². The van der Waals surface area contributed by atoms with Crippen LogP contribution in [-0.4, -0.2) is 55.4 Å². The molecule has 6 heteroatoms. The average molecular weight is 617 g/mol. The highest BCUT2D eigenvalue weighted by atomic mass is 16.3. The van der Waals surface area contributed by atoms with Gasteiger partial charge >= 0.3 is 0 Å². The minimum atomic E-state index is -0.141. The van der Waals surface area contributed by atoms with Gasteiger partial charge in [-0.25, -0.2) is 0 Å². The monoisotopic (exact) mass is 617 g/mol. The van der Waals surface area contributed by atoms with Crippen LogP contribution in [0.25, 0.3) is 0 Å². The molecule has 44 heavy (non-hydrogen) atoms. The quantitative estimate of drug-likeness (QED) is 0.109. The molecule has 6 N–H and O–H groups in total. The number of carbonyl (C=O) groups is 1. The van der Waals surface area contributed by atoms with Gasteiger partial charge in [-0.3, -0.25) is 4.79 Å². The van der Waals surface area contributed by atoms with Gasteiger partial charge in [-0.15, -0.1) is 0 Å². The van der Waals surface area contributed by atoms with Crippen LogP contribution in [0.5, 0.6) is 0 Å². The highest BCUT2D eigenvalue weighted by Gasteiger charge is 2.62. The summed E-state index contributed by atoms with van der Waals surface area (Å²) in [6, 6.07) is 0.832. The van der Waals surface area contributed by atoms with Crippen molar-refractivity contribution in [2.24, 2.45) is 52.1 Å². The smallest absolute Gasteiger partial charge is 0.220 e. The third-order valence-electron chi connectivity index (χ3n) is 13.5. The molecule has 0 spiro atoms. The standard InChI is InChI=1S/C38H72N4O2/c1-27(2)42-35(44)16-13-28(3)31-14-15-32-36-33(18-20-38(31,32)5)37(4)19-17-30(25-29(37)26-34(36)43)41-24-12-23-40-22-11-9-7-6-8-10-21-39/h27-34,36,40-41,43H,6-26,39H2,1-5H3,(H,42,44)/t28-,29?,30+,31-,32?,33?,34+,36?,37+,38-/m1/s1. The number of hydrogen-bond donors (Lipinski definition) is 5. The molecule has 4 rings (SSSR count). The first-order chi connectivity index (χ1) is 21.1. The van der Waals surface area contributed by atoms with Gasteiger partial charge in [0.1, 0.15) is 0 Å². The maximum absolute atomic E-state index is 12.4. The molecule has 4 unspecified atom stereocenters. The highest BCUT2D eigenvalue weighted by Crippen LogP contribution is 2.68. The van der Waals surface area contributed by atoms with Crippen LogP contribution in [-0.2, 0) is 4.79 Å². The second-order valence-electron chi connectivity index (χ2n) is 16.7. The van der Waals surface area contributed by atoms with Gasteiger partial charge in [0.2, 0.25) is 5.91 Å². The topological polar surface area (TPSA) is 99.4 Å². The van der Waals surface area contributed by atoms with Crippen molar-refractivity contribution >= 4 is 5.91 Å². The largest absolute Gasteiger partial charge is 0.393 e. The van der Waals surface area contributed by atoms with Crippen LogP contribution in [0.4, 0.5) is 0 Å². The fourth-order valence-corrected chi connectivity index (χ4v) is 11.1. The molecule has 4 aliphatic rings. The van der Waals surface area contributed by atoms with E-state index in [-0.39, 0.29) is 18.1 Å². The van der Waals surface area contributed by atoms with Gasteiger partial charge in [0.05, 0.1) is 6.10 Å². The second kappa shape index (κ2) is 16.9. The lowest BCUT2D eigenvalue weighted by atomic mass is 9.43. The van der Waals surface area contributed by atoms with Crippen molar-refractivity contribution in [3.8, 4) is 0 Å². The number of rotatable bonds is 18. The normalized spacial score (nSPS) is 37.3. The van der Waals surface area contributed by atoms with E-state index in [2.05, 4.69) is 36.7 Å². The number of nitrogens with two attached hydrogens (primary N) is 1. The van der Waals surface area contributed by atoms with E-state index in [9.17, 15) is 9.90 Å². The molecule has 256 valence electrons. The van der Waals surface area contributed by atoms with Gasteiger partial charge in [-0.1, -0.05) is 46.5 Å². The van der Waals surface area contributed by atoms with Crippen LogP contribution in [0.1, 0.15) is 144 Å². The molecule has 4 fully saturated rings. The van der Waals surface area contributed by atoms with Crippen molar-refractivity contribution in [1.29, 1.82) is 0 Å². The van der Waals surface area contributed by atoms with Crippen molar-refractivity contribution in [3.05, 3.63) is 0 Å². The predicted molar refractivity (Wildman–Crippen MR) is 184 cm³/mol. The summed E-state index contributed by atoms with van der Waals surface area (Å²) in [7, 11) is 0. The Morgan fingerprint density at radius 2 is 1.52 bits per heavy atom. The lowest BCUT2D eigenvalue weighted by Crippen LogP contribution is -2.59. The van der Waals surface area contributed by atoms with Gasteiger partial charge < -0.3 is 26.8 Å². The highest BCUT2D eigenvalue weighted by molar-refractivity contribution is 5.76. The molecule has 0 radical (unpaired) electrons. The number of hydrogen-bond acceptors (Lipinski definition) is 5. The summed E-state index contributed by atoms with van der Waals surface area (Å²) < 4.78 is 0. The zero-order valence-corrected chi connectivity index (χ0v) is 29.5. The summed E-state index contributed by atoms with van der Waals surface area (Å²) in [6.45, 7) is 15.9. The molecule has 0 aromatic rings. The van der Waals surface area contributed by atoms with Crippen molar-refractivity contribution in [1.82, 2.24) is 16.0 Å². The Balaban J connectivity index is 1.20. The molecule has 1 amide bonds. The molecular weight excluding hydrogens is 544 g/mol. The Bertz CT molecular complexity index is 868. The van der Waals surface area contributed by atoms with Crippen LogP contribution in [0.15, 0.2) is 0 Å². The van der Waals surface area contributed by atoms with E-state index in [4.69, 9.17) is 5.73 Å². The third-order valence-corrected chi connectivity index (χ3v) is 13.5. The van der Waals surface area contributed by atoms with E-state index in [0.717, 1.165) is 39.0 Å². The minimum absolute atomic E-state index is 0.141. The summed E-state index contributed by atoms with van der Waals surface area (Å²) in [5.74, 6) is 3.88. The average Bonchev–Trinajstić information content (AvgIpc) is 3.34. The van der Waals surface area contributed by atoms with Gasteiger partial charge in [-0.2, -0.15) is 0 Å². The maximum Gasteiger partial charge on any atom is 0.220 e. The van der Waals surface area contributed by atoms with Gasteiger partial charge in [0, 0.05) is 18.5 Å².